The maximum absolute atomic E-state index is 12.8. The van der Waals surface area contributed by atoms with Gasteiger partial charge in [0.15, 0.2) is 5.82 Å². The van der Waals surface area contributed by atoms with Gasteiger partial charge in [0.05, 0.1) is 27.5 Å². The quantitative estimate of drug-likeness (QED) is 0.477. The number of benzene rings is 2. The minimum Gasteiger partial charge on any atom is -0.348 e. The van der Waals surface area contributed by atoms with Crippen LogP contribution in [0.5, 0.6) is 0 Å². The average molecular weight is 442 g/mol. The molecule has 8 nitrogen and oxygen atoms in total. The molecule has 0 spiro atoms. The minimum atomic E-state index is -3.75. The minimum absolute atomic E-state index is 0.0302. The van der Waals surface area contributed by atoms with Gasteiger partial charge in [-0.15, -0.1) is 11.3 Å². The fourth-order valence-corrected chi connectivity index (χ4v) is 4.26. The van der Waals surface area contributed by atoms with Crippen molar-refractivity contribution in [2.45, 2.75) is 24.4 Å². The topological polar surface area (TPSA) is 120 Å². The van der Waals surface area contributed by atoms with Gasteiger partial charge >= 0.3 is 0 Å². The lowest BCUT2D eigenvalue weighted by Crippen LogP contribution is -2.30. The molecule has 0 fully saturated rings. The molecular weight excluding hydrogens is 422 g/mol. The summed E-state index contributed by atoms with van der Waals surface area (Å²) in [5.74, 6) is 0.440. The van der Waals surface area contributed by atoms with Crippen LogP contribution in [-0.4, -0.2) is 28.9 Å². The summed E-state index contributed by atoms with van der Waals surface area (Å²) in [4.78, 5) is 21.8. The molecule has 0 radical (unpaired) electrons. The van der Waals surface area contributed by atoms with Crippen molar-refractivity contribution in [1.82, 2.24) is 19.9 Å². The number of primary sulfonamides is 1. The highest BCUT2D eigenvalue weighted by molar-refractivity contribution is 7.89. The Morgan fingerprint density at radius 3 is 2.60 bits per heavy atom. The molecule has 1 unspecified atom stereocenters. The summed E-state index contributed by atoms with van der Waals surface area (Å²) >= 11 is 1.47. The van der Waals surface area contributed by atoms with E-state index in [-0.39, 0.29) is 23.4 Å². The Kier molecular flexibility index (Phi) is 5.37. The molecule has 0 saturated heterocycles. The van der Waals surface area contributed by atoms with Crippen LogP contribution in [0, 0.1) is 0 Å². The third-order valence-corrected chi connectivity index (χ3v) is 6.22. The van der Waals surface area contributed by atoms with Gasteiger partial charge in [-0.3, -0.25) is 4.79 Å². The van der Waals surface area contributed by atoms with Crippen molar-refractivity contribution in [2.24, 2.45) is 5.14 Å². The van der Waals surface area contributed by atoms with Gasteiger partial charge in [-0.1, -0.05) is 24.3 Å². The Morgan fingerprint density at radius 1 is 1.20 bits per heavy atom. The van der Waals surface area contributed by atoms with E-state index in [2.05, 4.69) is 15.3 Å². The third kappa shape index (κ3) is 4.11. The molecule has 0 aliphatic rings. The summed E-state index contributed by atoms with van der Waals surface area (Å²) in [6, 6.07) is 13.4. The molecule has 2 aromatic carbocycles. The van der Waals surface area contributed by atoms with Crippen molar-refractivity contribution in [3.05, 3.63) is 65.0 Å². The van der Waals surface area contributed by atoms with E-state index in [0.717, 1.165) is 22.3 Å². The van der Waals surface area contributed by atoms with E-state index in [1.54, 1.807) is 17.6 Å². The molecule has 0 saturated carbocycles. The zero-order valence-electron chi connectivity index (χ0n) is 16.0. The number of para-hydroxylation sites is 2. The standard InChI is InChI=1S/C20H19N5O3S2/c1-13(14-6-8-15(9-7-14)30(21,27)28)23-19(26)10-25-18-5-3-2-4-16(18)24-20(25)17-11-29-12-22-17/h2-9,11-13H,10H2,1H3,(H,23,26)(H2,21,27,28). The molecule has 30 heavy (non-hydrogen) atoms. The molecular formula is C20H19N5O3S2. The van der Waals surface area contributed by atoms with Crippen LogP contribution in [0.4, 0.5) is 0 Å². The molecule has 4 rings (SSSR count). The summed E-state index contributed by atoms with van der Waals surface area (Å²) in [5.41, 5.74) is 4.86. The molecule has 154 valence electrons. The zero-order chi connectivity index (χ0) is 21.3. The number of imidazole rings is 1. The van der Waals surface area contributed by atoms with Crippen LogP contribution < -0.4 is 10.5 Å². The first-order valence-corrected chi connectivity index (χ1v) is 11.6. The number of aromatic nitrogens is 3. The number of sulfonamides is 1. The molecule has 2 heterocycles. The van der Waals surface area contributed by atoms with E-state index in [1.807, 2.05) is 41.1 Å². The third-order valence-electron chi connectivity index (χ3n) is 4.70. The summed E-state index contributed by atoms with van der Waals surface area (Å²) in [6.45, 7) is 1.91. The van der Waals surface area contributed by atoms with Crippen LogP contribution in [0.2, 0.25) is 0 Å². The molecule has 10 heteroatoms. The summed E-state index contributed by atoms with van der Waals surface area (Å²) in [7, 11) is -3.75. The van der Waals surface area contributed by atoms with E-state index in [1.165, 1.54) is 23.5 Å². The van der Waals surface area contributed by atoms with E-state index >= 15 is 0 Å². The second-order valence-corrected chi connectivity index (χ2v) is 9.07. The lowest BCUT2D eigenvalue weighted by Gasteiger charge is -2.16. The number of fused-ring (bicyclic) bond motifs is 1. The van der Waals surface area contributed by atoms with Gasteiger partial charge in [0.1, 0.15) is 12.2 Å². The predicted octanol–water partition coefficient (Wildman–Crippen LogP) is 2.68. The van der Waals surface area contributed by atoms with Crippen molar-refractivity contribution in [3.63, 3.8) is 0 Å². The van der Waals surface area contributed by atoms with E-state index < -0.39 is 10.0 Å². The number of carbonyl (C=O) groups excluding carboxylic acids is 1. The van der Waals surface area contributed by atoms with Crippen molar-refractivity contribution < 1.29 is 13.2 Å². The van der Waals surface area contributed by atoms with Crippen LogP contribution in [0.3, 0.4) is 0 Å². The first-order chi connectivity index (χ1) is 14.3. The van der Waals surface area contributed by atoms with Crippen LogP contribution >= 0.6 is 11.3 Å². The molecule has 4 aromatic rings. The first kappa shape index (κ1) is 20.2. The maximum Gasteiger partial charge on any atom is 0.240 e. The second kappa shape index (κ2) is 7.98. The first-order valence-electron chi connectivity index (χ1n) is 9.09. The number of nitrogens with two attached hydrogens (primary N) is 1. The Balaban J connectivity index is 1.56. The monoisotopic (exact) mass is 441 g/mol. The zero-order valence-corrected chi connectivity index (χ0v) is 17.7. The van der Waals surface area contributed by atoms with Gasteiger partial charge in [0.2, 0.25) is 15.9 Å². The number of thiazole rings is 1. The summed E-state index contributed by atoms with van der Waals surface area (Å²) in [6.07, 6.45) is 0. The van der Waals surface area contributed by atoms with Crippen molar-refractivity contribution in [3.8, 4) is 11.5 Å². The highest BCUT2D eigenvalue weighted by Gasteiger charge is 2.18. The molecule has 0 bridgehead atoms. The number of amides is 1. The molecule has 0 aliphatic heterocycles. The number of hydrogen-bond donors (Lipinski definition) is 2. The molecule has 0 aliphatic carbocycles. The van der Waals surface area contributed by atoms with E-state index in [0.29, 0.717) is 5.82 Å². The Bertz CT molecular complexity index is 1300. The van der Waals surface area contributed by atoms with Gasteiger partial charge in [0.25, 0.3) is 0 Å². The number of rotatable bonds is 6. The lowest BCUT2D eigenvalue weighted by molar-refractivity contribution is -0.122. The van der Waals surface area contributed by atoms with E-state index in [4.69, 9.17) is 5.14 Å². The number of nitrogens with zero attached hydrogens (tertiary/aromatic N) is 3. The fraction of sp³-hybridized carbons (Fsp3) is 0.150. The maximum atomic E-state index is 12.8. The average Bonchev–Trinajstić information content (AvgIpc) is 3.36. The van der Waals surface area contributed by atoms with Gasteiger partial charge in [-0.05, 0) is 36.8 Å². The van der Waals surface area contributed by atoms with Crippen LogP contribution in [-0.2, 0) is 21.4 Å². The largest absolute Gasteiger partial charge is 0.348 e. The number of carbonyl (C=O) groups is 1. The smallest absolute Gasteiger partial charge is 0.240 e. The SMILES string of the molecule is CC(NC(=O)Cn1c(-c2cscn2)nc2ccccc21)c1ccc(S(N)(=O)=O)cc1. The highest BCUT2D eigenvalue weighted by Crippen LogP contribution is 2.25. The van der Waals surface area contributed by atoms with Crippen LogP contribution in [0.1, 0.15) is 18.5 Å². The Hall–Kier alpha value is -3.08. The van der Waals surface area contributed by atoms with Gasteiger partial charge in [0, 0.05) is 5.38 Å². The highest BCUT2D eigenvalue weighted by atomic mass is 32.2. The predicted molar refractivity (Wildman–Crippen MR) is 115 cm³/mol. The van der Waals surface area contributed by atoms with Crippen molar-refractivity contribution in [2.75, 3.05) is 0 Å². The number of hydrogen-bond acceptors (Lipinski definition) is 6. The Labute approximate surface area is 177 Å². The van der Waals surface area contributed by atoms with Gasteiger partial charge in [-0.2, -0.15) is 0 Å². The van der Waals surface area contributed by atoms with E-state index in [9.17, 15) is 13.2 Å². The fourth-order valence-electron chi connectivity index (χ4n) is 3.21. The van der Waals surface area contributed by atoms with Crippen molar-refractivity contribution >= 4 is 38.3 Å². The molecule has 2 aromatic heterocycles. The molecule has 1 atom stereocenters. The van der Waals surface area contributed by atoms with Crippen molar-refractivity contribution in [1.29, 1.82) is 0 Å². The van der Waals surface area contributed by atoms with Gasteiger partial charge < -0.3 is 9.88 Å². The summed E-state index contributed by atoms with van der Waals surface area (Å²) < 4.78 is 24.6. The second-order valence-electron chi connectivity index (χ2n) is 6.79. The normalized spacial score (nSPS) is 12.7. The molecule has 3 N–H and O–H groups in total. The number of nitrogens with one attached hydrogen (secondary N) is 1. The molecule has 1 amide bonds. The van der Waals surface area contributed by atoms with Crippen LogP contribution in [0.15, 0.2) is 64.3 Å². The van der Waals surface area contributed by atoms with Crippen LogP contribution in [0.25, 0.3) is 22.6 Å². The van der Waals surface area contributed by atoms with Gasteiger partial charge in [-0.25, -0.2) is 23.5 Å². The Morgan fingerprint density at radius 2 is 1.93 bits per heavy atom. The summed E-state index contributed by atoms with van der Waals surface area (Å²) in [5, 5.41) is 9.97. The lowest BCUT2D eigenvalue weighted by atomic mass is 10.1.